The molecule has 18 heavy (non-hydrogen) atoms. The number of rotatable bonds is 4. The first-order valence-corrected chi connectivity index (χ1v) is 6.46. The lowest BCUT2D eigenvalue weighted by Crippen LogP contribution is -1.89. The third kappa shape index (κ3) is 3.07. The van der Waals surface area contributed by atoms with E-state index >= 15 is 0 Å². The number of carbonyl (C=O) groups is 1. The molecule has 0 bridgehead atoms. The van der Waals surface area contributed by atoms with Crippen LogP contribution in [0, 0.1) is 5.92 Å². The SMILES string of the molecule is CCCC1C=CC=C(c2ccc(C=O)cc2)C=C1. The standard InChI is InChI=1S/C17H18O/c1-2-4-14-5-3-6-16(10-7-14)17-11-8-15(13-18)9-12-17/h3,5-14H,2,4H2,1H3. The molecule has 2 rings (SSSR count). The Morgan fingerprint density at radius 3 is 2.61 bits per heavy atom. The Labute approximate surface area is 109 Å². The minimum atomic E-state index is 0.540. The van der Waals surface area contributed by atoms with E-state index in [2.05, 4.69) is 37.3 Å². The maximum atomic E-state index is 10.6. The normalized spacial score (nSPS) is 18.3. The van der Waals surface area contributed by atoms with E-state index in [9.17, 15) is 4.79 Å². The van der Waals surface area contributed by atoms with Crippen molar-refractivity contribution >= 4 is 11.9 Å². The summed E-state index contributed by atoms with van der Waals surface area (Å²) in [5.41, 5.74) is 3.07. The molecule has 0 saturated heterocycles. The predicted octanol–water partition coefficient (Wildman–Crippen LogP) is 4.42. The van der Waals surface area contributed by atoms with Crippen molar-refractivity contribution in [3.63, 3.8) is 0 Å². The maximum absolute atomic E-state index is 10.6. The summed E-state index contributed by atoms with van der Waals surface area (Å²) in [6.45, 7) is 2.21. The minimum Gasteiger partial charge on any atom is -0.298 e. The molecule has 1 aliphatic carbocycles. The topological polar surface area (TPSA) is 17.1 Å². The van der Waals surface area contributed by atoms with E-state index in [0.717, 1.165) is 17.4 Å². The Morgan fingerprint density at radius 1 is 1.17 bits per heavy atom. The average Bonchev–Trinajstić information content (AvgIpc) is 2.65. The van der Waals surface area contributed by atoms with Crippen LogP contribution >= 0.6 is 0 Å². The van der Waals surface area contributed by atoms with Crippen LogP contribution in [0.3, 0.4) is 0 Å². The Hall–Kier alpha value is -1.89. The van der Waals surface area contributed by atoms with Crippen LogP contribution in [-0.4, -0.2) is 6.29 Å². The first-order chi connectivity index (χ1) is 8.83. The van der Waals surface area contributed by atoms with Gasteiger partial charge in [0.05, 0.1) is 0 Å². The summed E-state index contributed by atoms with van der Waals surface area (Å²) < 4.78 is 0. The largest absolute Gasteiger partial charge is 0.298 e. The molecule has 1 nitrogen and oxygen atoms in total. The molecule has 1 aliphatic rings. The summed E-state index contributed by atoms with van der Waals surface area (Å²) in [7, 11) is 0. The Bertz CT molecular complexity index is 489. The second-order valence-electron chi connectivity index (χ2n) is 4.56. The highest BCUT2D eigenvalue weighted by atomic mass is 16.1. The van der Waals surface area contributed by atoms with Gasteiger partial charge in [-0.2, -0.15) is 0 Å². The van der Waals surface area contributed by atoms with Crippen molar-refractivity contribution in [2.24, 2.45) is 5.92 Å². The number of hydrogen-bond acceptors (Lipinski definition) is 1. The van der Waals surface area contributed by atoms with Crippen molar-refractivity contribution in [3.8, 4) is 0 Å². The van der Waals surface area contributed by atoms with Gasteiger partial charge in [-0.3, -0.25) is 4.79 Å². The molecule has 1 unspecified atom stereocenters. The average molecular weight is 238 g/mol. The van der Waals surface area contributed by atoms with Crippen molar-refractivity contribution < 1.29 is 4.79 Å². The van der Waals surface area contributed by atoms with Crippen molar-refractivity contribution in [1.82, 2.24) is 0 Å². The summed E-state index contributed by atoms with van der Waals surface area (Å²) in [4.78, 5) is 10.6. The smallest absolute Gasteiger partial charge is 0.150 e. The summed E-state index contributed by atoms with van der Waals surface area (Å²) in [6.07, 6.45) is 14.2. The number of hydrogen-bond donors (Lipinski definition) is 0. The summed E-state index contributed by atoms with van der Waals surface area (Å²) in [5, 5.41) is 0. The maximum Gasteiger partial charge on any atom is 0.150 e. The van der Waals surface area contributed by atoms with E-state index in [1.54, 1.807) is 0 Å². The van der Waals surface area contributed by atoms with Crippen LogP contribution in [0.4, 0.5) is 0 Å². The highest BCUT2D eigenvalue weighted by Crippen LogP contribution is 2.22. The third-order valence-corrected chi connectivity index (χ3v) is 3.16. The monoisotopic (exact) mass is 238 g/mol. The molecule has 0 aromatic heterocycles. The van der Waals surface area contributed by atoms with Gasteiger partial charge >= 0.3 is 0 Å². The van der Waals surface area contributed by atoms with E-state index in [-0.39, 0.29) is 0 Å². The zero-order chi connectivity index (χ0) is 12.8. The van der Waals surface area contributed by atoms with Gasteiger partial charge in [0.1, 0.15) is 6.29 Å². The van der Waals surface area contributed by atoms with Gasteiger partial charge in [0.15, 0.2) is 0 Å². The van der Waals surface area contributed by atoms with Crippen LogP contribution in [0.1, 0.15) is 35.7 Å². The van der Waals surface area contributed by atoms with Crippen LogP contribution in [0.15, 0.2) is 54.6 Å². The molecule has 1 aromatic rings. The van der Waals surface area contributed by atoms with Gasteiger partial charge in [-0.25, -0.2) is 0 Å². The minimum absolute atomic E-state index is 0.540. The molecule has 0 fully saturated rings. The van der Waals surface area contributed by atoms with Crippen LogP contribution in [-0.2, 0) is 0 Å². The number of aldehydes is 1. The van der Waals surface area contributed by atoms with Crippen LogP contribution in [0.25, 0.3) is 5.57 Å². The van der Waals surface area contributed by atoms with Crippen LogP contribution in [0.5, 0.6) is 0 Å². The van der Waals surface area contributed by atoms with Crippen LogP contribution < -0.4 is 0 Å². The molecule has 0 heterocycles. The summed E-state index contributed by atoms with van der Waals surface area (Å²) in [5.74, 6) is 0.540. The molecule has 0 amide bonds. The fraction of sp³-hybridized carbons (Fsp3) is 0.235. The number of allylic oxidation sites excluding steroid dienone is 6. The van der Waals surface area contributed by atoms with E-state index < -0.39 is 0 Å². The molecule has 0 radical (unpaired) electrons. The number of benzene rings is 1. The summed E-state index contributed by atoms with van der Waals surface area (Å²) in [6, 6.07) is 7.70. The van der Waals surface area contributed by atoms with E-state index in [1.807, 2.05) is 24.3 Å². The van der Waals surface area contributed by atoms with E-state index in [1.165, 1.54) is 18.4 Å². The fourth-order valence-corrected chi connectivity index (χ4v) is 2.12. The number of carbonyl (C=O) groups excluding carboxylic acids is 1. The van der Waals surface area contributed by atoms with Crippen LogP contribution in [0.2, 0.25) is 0 Å². The lowest BCUT2D eigenvalue weighted by atomic mass is 10.0. The van der Waals surface area contributed by atoms with Gasteiger partial charge < -0.3 is 0 Å². The van der Waals surface area contributed by atoms with E-state index in [0.29, 0.717) is 5.92 Å². The molecule has 92 valence electrons. The predicted molar refractivity (Wildman–Crippen MR) is 76.5 cm³/mol. The molecular weight excluding hydrogens is 220 g/mol. The second-order valence-corrected chi connectivity index (χ2v) is 4.56. The highest BCUT2D eigenvalue weighted by molar-refractivity contribution is 5.79. The quantitative estimate of drug-likeness (QED) is 0.709. The van der Waals surface area contributed by atoms with Gasteiger partial charge in [-0.1, -0.05) is 68.0 Å². The van der Waals surface area contributed by atoms with Gasteiger partial charge in [-0.15, -0.1) is 0 Å². The highest BCUT2D eigenvalue weighted by Gasteiger charge is 2.03. The third-order valence-electron chi connectivity index (χ3n) is 3.16. The Kier molecular flexibility index (Phi) is 4.30. The molecular formula is C17H18O. The molecule has 1 atom stereocenters. The molecule has 0 saturated carbocycles. The first-order valence-electron chi connectivity index (χ1n) is 6.46. The van der Waals surface area contributed by atoms with Crippen molar-refractivity contribution in [3.05, 3.63) is 65.8 Å². The molecule has 1 heteroatoms. The summed E-state index contributed by atoms with van der Waals surface area (Å²) >= 11 is 0. The molecule has 0 N–H and O–H groups in total. The zero-order valence-corrected chi connectivity index (χ0v) is 10.7. The zero-order valence-electron chi connectivity index (χ0n) is 10.7. The van der Waals surface area contributed by atoms with Gasteiger partial charge in [0.25, 0.3) is 0 Å². The molecule has 1 aromatic carbocycles. The Balaban J connectivity index is 2.18. The lowest BCUT2D eigenvalue weighted by Gasteiger charge is -2.04. The lowest BCUT2D eigenvalue weighted by molar-refractivity contribution is 0.112. The van der Waals surface area contributed by atoms with E-state index in [4.69, 9.17) is 0 Å². The first kappa shape index (κ1) is 12.6. The molecule has 0 aliphatic heterocycles. The van der Waals surface area contributed by atoms with Gasteiger partial charge in [0.2, 0.25) is 0 Å². The Morgan fingerprint density at radius 2 is 1.94 bits per heavy atom. The molecule has 0 spiro atoms. The van der Waals surface area contributed by atoms with Gasteiger partial charge in [0, 0.05) is 5.56 Å². The van der Waals surface area contributed by atoms with Gasteiger partial charge in [-0.05, 0) is 23.5 Å². The fourth-order valence-electron chi connectivity index (χ4n) is 2.12. The van der Waals surface area contributed by atoms with Crippen molar-refractivity contribution in [2.75, 3.05) is 0 Å². The second kappa shape index (κ2) is 6.15. The van der Waals surface area contributed by atoms with Crippen molar-refractivity contribution in [2.45, 2.75) is 19.8 Å². The van der Waals surface area contributed by atoms with Crippen molar-refractivity contribution in [1.29, 1.82) is 0 Å².